The topological polar surface area (TPSA) is 35.2 Å². The Morgan fingerprint density at radius 1 is 1.16 bits per heavy atom. The predicted octanol–water partition coefficient (Wildman–Crippen LogP) is 4.72. The summed E-state index contributed by atoms with van der Waals surface area (Å²) in [7, 11) is 0. The van der Waals surface area contributed by atoms with Crippen molar-refractivity contribution < 1.29 is 4.74 Å². The maximum Gasteiger partial charge on any atom is 0.121 e. The van der Waals surface area contributed by atoms with Gasteiger partial charge in [-0.15, -0.1) is 11.3 Å². The van der Waals surface area contributed by atoms with E-state index in [-0.39, 0.29) is 0 Å². The number of hydrogen-bond donors (Lipinski definition) is 1. The van der Waals surface area contributed by atoms with Crippen LogP contribution in [0, 0.1) is 0 Å². The van der Waals surface area contributed by atoms with Crippen molar-refractivity contribution in [2.75, 3.05) is 5.73 Å². The van der Waals surface area contributed by atoms with Gasteiger partial charge in [-0.25, -0.2) is 0 Å². The molecule has 0 saturated carbocycles. The molecule has 0 aliphatic carbocycles. The fourth-order valence-corrected chi connectivity index (χ4v) is 3.03. The van der Waals surface area contributed by atoms with E-state index in [2.05, 4.69) is 5.38 Å². The number of ether oxygens (including phenoxy) is 1. The SMILES string of the molecule is Nc1cccc(OCc2csc3ccc(Cl)cc23)c1. The number of benzene rings is 2. The van der Waals surface area contributed by atoms with Gasteiger partial charge >= 0.3 is 0 Å². The molecule has 96 valence electrons. The lowest BCUT2D eigenvalue weighted by atomic mass is 10.2. The molecule has 0 aliphatic rings. The van der Waals surface area contributed by atoms with Crippen LogP contribution < -0.4 is 10.5 Å². The molecule has 2 N–H and O–H groups in total. The number of fused-ring (bicyclic) bond motifs is 1. The van der Waals surface area contributed by atoms with Crippen LogP contribution in [0.3, 0.4) is 0 Å². The minimum atomic E-state index is 0.518. The summed E-state index contributed by atoms with van der Waals surface area (Å²) in [5.41, 5.74) is 7.57. The Morgan fingerprint density at radius 2 is 2.05 bits per heavy atom. The third kappa shape index (κ3) is 2.67. The number of anilines is 1. The van der Waals surface area contributed by atoms with Gasteiger partial charge in [-0.1, -0.05) is 17.7 Å². The number of nitrogen functional groups attached to an aromatic ring is 1. The lowest BCUT2D eigenvalue weighted by Gasteiger charge is -2.06. The van der Waals surface area contributed by atoms with E-state index in [1.807, 2.05) is 42.5 Å². The molecule has 19 heavy (non-hydrogen) atoms. The second-order valence-electron chi connectivity index (χ2n) is 4.26. The molecule has 0 amide bonds. The van der Waals surface area contributed by atoms with E-state index >= 15 is 0 Å². The van der Waals surface area contributed by atoms with Crippen molar-refractivity contribution in [3.63, 3.8) is 0 Å². The lowest BCUT2D eigenvalue weighted by Crippen LogP contribution is -1.95. The van der Waals surface area contributed by atoms with Crippen molar-refractivity contribution in [1.29, 1.82) is 0 Å². The van der Waals surface area contributed by atoms with Crippen LogP contribution in [-0.4, -0.2) is 0 Å². The van der Waals surface area contributed by atoms with E-state index in [4.69, 9.17) is 22.1 Å². The lowest BCUT2D eigenvalue weighted by molar-refractivity contribution is 0.308. The summed E-state index contributed by atoms with van der Waals surface area (Å²) in [5.74, 6) is 0.779. The maximum atomic E-state index is 6.03. The fraction of sp³-hybridized carbons (Fsp3) is 0.0667. The zero-order valence-electron chi connectivity index (χ0n) is 10.1. The van der Waals surface area contributed by atoms with Gasteiger partial charge in [0, 0.05) is 32.4 Å². The minimum absolute atomic E-state index is 0.518. The molecule has 0 fully saturated rings. The summed E-state index contributed by atoms with van der Waals surface area (Å²) in [6.07, 6.45) is 0. The van der Waals surface area contributed by atoms with E-state index in [0.29, 0.717) is 12.3 Å². The van der Waals surface area contributed by atoms with E-state index in [1.54, 1.807) is 11.3 Å². The molecule has 0 aliphatic heterocycles. The Kier molecular flexibility index (Phi) is 3.32. The molecule has 0 spiro atoms. The van der Waals surface area contributed by atoms with Gasteiger partial charge in [0.2, 0.25) is 0 Å². The van der Waals surface area contributed by atoms with Gasteiger partial charge in [0.1, 0.15) is 12.4 Å². The summed E-state index contributed by atoms with van der Waals surface area (Å²) in [6.45, 7) is 0.518. The molecule has 0 saturated heterocycles. The highest BCUT2D eigenvalue weighted by Gasteiger charge is 2.05. The van der Waals surface area contributed by atoms with Gasteiger partial charge in [0.15, 0.2) is 0 Å². The maximum absolute atomic E-state index is 6.03. The molecule has 1 heterocycles. The van der Waals surface area contributed by atoms with Crippen LogP contribution in [0.15, 0.2) is 47.8 Å². The van der Waals surface area contributed by atoms with Gasteiger partial charge in [-0.2, -0.15) is 0 Å². The van der Waals surface area contributed by atoms with Gasteiger partial charge in [0.05, 0.1) is 0 Å². The van der Waals surface area contributed by atoms with Crippen LogP contribution >= 0.6 is 22.9 Å². The first-order valence-electron chi connectivity index (χ1n) is 5.86. The minimum Gasteiger partial charge on any atom is -0.489 e. The summed E-state index contributed by atoms with van der Waals surface area (Å²) in [5, 5.41) is 4.00. The average molecular weight is 290 g/mol. The summed E-state index contributed by atoms with van der Waals surface area (Å²) in [4.78, 5) is 0. The first-order valence-corrected chi connectivity index (χ1v) is 7.12. The molecular formula is C15H12ClNOS. The van der Waals surface area contributed by atoms with Crippen molar-refractivity contribution >= 4 is 38.7 Å². The van der Waals surface area contributed by atoms with Crippen molar-refractivity contribution in [2.24, 2.45) is 0 Å². The van der Waals surface area contributed by atoms with Crippen molar-refractivity contribution in [3.05, 3.63) is 58.4 Å². The van der Waals surface area contributed by atoms with Crippen LogP contribution in [0.1, 0.15) is 5.56 Å². The average Bonchev–Trinajstić information content (AvgIpc) is 2.79. The molecule has 0 atom stereocenters. The zero-order chi connectivity index (χ0) is 13.2. The van der Waals surface area contributed by atoms with E-state index in [0.717, 1.165) is 21.7 Å². The number of rotatable bonds is 3. The highest BCUT2D eigenvalue weighted by molar-refractivity contribution is 7.17. The summed E-state index contributed by atoms with van der Waals surface area (Å²) >= 11 is 7.73. The molecule has 1 aromatic heterocycles. The van der Waals surface area contributed by atoms with Gasteiger partial charge in [0.25, 0.3) is 0 Å². The third-order valence-electron chi connectivity index (χ3n) is 2.87. The van der Waals surface area contributed by atoms with E-state index in [1.165, 1.54) is 4.70 Å². The second-order valence-corrected chi connectivity index (χ2v) is 5.61. The van der Waals surface area contributed by atoms with Crippen molar-refractivity contribution in [1.82, 2.24) is 0 Å². The van der Waals surface area contributed by atoms with Crippen LogP contribution in [0.2, 0.25) is 5.02 Å². The zero-order valence-corrected chi connectivity index (χ0v) is 11.7. The fourth-order valence-electron chi connectivity index (χ4n) is 1.93. The van der Waals surface area contributed by atoms with E-state index in [9.17, 15) is 0 Å². The molecule has 3 aromatic rings. The van der Waals surface area contributed by atoms with Crippen LogP contribution in [0.5, 0.6) is 5.75 Å². The van der Waals surface area contributed by atoms with Crippen LogP contribution in [0.25, 0.3) is 10.1 Å². The van der Waals surface area contributed by atoms with Crippen LogP contribution in [0.4, 0.5) is 5.69 Å². The number of nitrogens with two attached hydrogens (primary N) is 1. The largest absolute Gasteiger partial charge is 0.489 e. The predicted molar refractivity (Wildman–Crippen MR) is 82.0 cm³/mol. The first-order chi connectivity index (χ1) is 9.22. The Bertz CT molecular complexity index is 723. The van der Waals surface area contributed by atoms with E-state index < -0.39 is 0 Å². The van der Waals surface area contributed by atoms with Crippen molar-refractivity contribution in [3.8, 4) is 5.75 Å². The molecule has 3 rings (SSSR count). The Balaban J connectivity index is 1.84. The van der Waals surface area contributed by atoms with Gasteiger partial charge in [-0.3, -0.25) is 0 Å². The normalized spacial score (nSPS) is 10.8. The Hall–Kier alpha value is -1.71. The van der Waals surface area contributed by atoms with Crippen molar-refractivity contribution in [2.45, 2.75) is 6.61 Å². The molecule has 2 nitrogen and oxygen atoms in total. The highest BCUT2D eigenvalue weighted by Crippen LogP contribution is 2.29. The molecule has 0 radical (unpaired) electrons. The monoisotopic (exact) mass is 289 g/mol. The molecule has 2 aromatic carbocycles. The number of halogens is 1. The molecule has 4 heteroatoms. The van der Waals surface area contributed by atoms with Crippen LogP contribution in [-0.2, 0) is 6.61 Å². The quantitative estimate of drug-likeness (QED) is 0.708. The summed E-state index contributed by atoms with van der Waals surface area (Å²) < 4.78 is 6.98. The molecule has 0 bridgehead atoms. The standard InChI is InChI=1S/C15H12ClNOS/c16-11-4-5-15-14(6-11)10(9-19-15)8-18-13-3-1-2-12(17)7-13/h1-7,9H,8,17H2. The van der Waals surface area contributed by atoms with Gasteiger partial charge < -0.3 is 10.5 Å². The molecule has 0 unspecified atom stereocenters. The second kappa shape index (κ2) is 5.11. The summed E-state index contributed by atoms with van der Waals surface area (Å²) in [6, 6.07) is 13.4. The van der Waals surface area contributed by atoms with Gasteiger partial charge in [-0.05, 0) is 35.7 Å². The smallest absolute Gasteiger partial charge is 0.121 e. The Labute approximate surface area is 120 Å². The Morgan fingerprint density at radius 3 is 2.89 bits per heavy atom. The molecular weight excluding hydrogens is 278 g/mol. The number of hydrogen-bond acceptors (Lipinski definition) is 3. The third-order valence-corrected chi connectivity index (χ3v) is 4.12. The number of thiophene rings is 1. The highest BCUT2D eigenvalue weighted by atomic mass is 35.5. The first kappa shape index (κ1) is 12.3.